The molecule has 0 aromatic heterocycles. The van der Waals surface area contributed by atoms with Gasteiger partial charge >= 0.3 is 7.60 Å². The molecule has 0 spiro atoms. The molecule has 78 valence electrons. The van der Waals surface area contributed by atoms with Crippen molar-refractivity contribution in [1.29, 1.82) is 0 Å². The van der Waals surface area contributed by atoms with Gasteiger partial charge in [0.2, 0.25) is 0 Å². The van der Waals surface area contributed by atoms with Crippen molar-refractivity contribution in [2.45, 2.75) is 27.7 Å². The van der Waals surface area contributed by atoms with Gasteiger partial charge in [-0.15, -0.1) is 0 Å². The summed E-state index contributed by atoms with van der Waals surface area (Å²) < 4.78 is 10.6. The molecule has 0 fully saturated rings. The standard InChI is InChI=1S/C8H17O4P/c1-6(2)8(3,4)7(9)5-13(10,11)12/h6H,5H2,1-4H3,(H2,10,11,12). The fourth-order valence-corrected chi connectivity index (χ4v) is 1.49. The van der Waals surface area contributed by atoms with Crippen LogP contribution in [0.4, 0.5) is 0 Å². The zero-order valence-electron chi connectivity index (χ0n) is 8.44. The molecule has 0 aliphatic rings. The minimum atomic E-state index is -4.21. The summed E-state index contributed by atoms with van der Waals surface area (Å²) in [6.07, 6.45) is -0.655. The molecule has 0 amide bonds. The van der Waals surface area contributed by atoms with Crippen LogP contribution in [0.5, 0.6) is 0 Å². The second kappa shape index (κ2) is 3.91. The van der Waals surface area contributed by atoms with Gasteiger partial charge in [-0.05, 0) is 5.92 Å². The summed E-state index contributed by atoms with van der Waals surface area (Å²) >= 11 is 0. The normalized spacial score (nSPS) is 13.5. The summed E-state index contributed by atoms with van der Waals surface area (Å²) in [6.45, 7) is 7.13. The lowest BCUT2D eigenvalue weighted by Gasteiger charge is -2.27. The first kappa shape index (κ1) is 12.8. The molecule has 0 unspecified atom stereocenters. The minimum Gasteiger partial charge on any atom is -0.324 e. The summed E-state index contributed by atoms with van der Waals surface area (Å²) in [7, 11) is -4.21. The Balaban J connectivity index is 4.53. The molecule has 0 saturated heterocycles. The van der Waals surface area contributed by atoms with Gasteiger partial charge < -0.3 is 9.79 Å². The van der Waals surface area contributed by atoms with Crippen molar-refractivity contribution in [3.8, 4) is 0 Å². The van der Waals surface area contributed by atoms with Gasteiger partial charge in [-0.3, -0.25) is 9.36 Å². The molecule has 0 heterocycles. The minimum absolute atomic E-state index is 0.0755. The van der Waals surface area contributed by atoms with Crippen molar-refractivity contribution >= 4 is 13.4 Å². The average molecular weight is 208 g/mol. The predicted molar refractivity (Wildman–Crippen MR) is 50.5 cm³/mol. The first-order valence-corrected chi connectivity index (χ1v) is 5.95. The zero-order chi connectivity index (χ0) is 10.9. The third-order valence-electron chi connectivity index (χ3n) is 2.51. The largest absolute Gasteiger partial charge is 0.332 e. The Kier molecular flexibility index (Phi) is 3.85. The van der Waals surface area contributed by atoms with E-state index in [2.05, 4.69) is 0 Å². The van der Waals surface area contributed by atoms with E-state index in [9.17, 15) is 9.36 Å². The van der Waals surface area contributed by atoms with Crippen molar-refractivity contribution < 1.29 is 19.1 Å². The van der Waals surface area contributed by atoms with Crippen LogP contribution in [0, 0.1) is 11.3 Å². The molecule has 0 aliphatic heterocycles. The fraction of sp³-hybridized carbons (Fsp3) is 0.875. The molecule has 0 aromatic carbocycles. The van der Waals surface area contributed by atoms with E-state index in [1.54, 1.807) is 13.8 Å². The Hall–Kier alpha value is -0.180. The zero-order valence-corrected chi connectivity index (χ0v) is 9.34. The van der Waals surface area contributed by atoms with E-state index in [-0.39, 0.29) is 11.7 Å². The van der Waals surface area contributed by atoms with E-state index in [4.69, 9.17) is 9.79 Å². The summed E-state index contributed by atoms with van der Waals surface area (Å²) in [5.74, 6) is -0.303. The Morgan fingerprint density at radius 2 is 1.77 bits per heavy atom. The molecule has 4 nitrogen and oxygen atoms in total. The van der Waals surface area contributed by atoms with Crippen LogP contribution in [0.2, 0.25) is 0 Å². The van der Waals surface area contributed by atoms with Crippen LogP contribution in [-0.2, 0) is 9.36 Å². The second-order valence-corrected chi connectivity index (χ2v) is 5.77. The summed E-state index contributed by atoms with van der Waals surface area (Å²) in [6, 6.07) is 0. The van der Waals surface area contributed by atoms with E-state index in [0.29, 0.717) is 0 Å². The lowest BCUT2D eigenvalue weighted by molar-refractivity contribution is -0.126. The number of rotatable bonds is 4. The molecule has 0 saturated carbocycles. The Morgan fingerprint density at radius 1 is 1.38 bits per heavy atom. The van der Waals surface area contributed by atoms with Crippen LogP contribution in [0.15, 0.2) is 0 Å². The number of hydrogen-bond acceptors (Lipinski definition) is 2. The highest BCUT2D eigenvalue weighted by Crippen LogP contribution is 2.38. The monoisotopic (exact) mass is 208 g/mol. The van der Waals surface area contributed by atoms with Gasteiger partial charge in [-0.2, -0.15) is 0 Å². The molecule has 0 radical (unpaired) electrons. The smallest absolute Gasteiger partial charge is 0.324 e. The van der Waals surface area contributed by atoms with Gasteiger partial charge in [-0.1, -0.05) is 27.7 Å². The second-order valence-electron chi connectivity index (χ2n) is 4.12. The van der Waals surface area contributed by atoms with Crippen molar-refractivity contribution in [3.63, 3.8) is 0 Å². The number of carbonyl (C=O) groups is 1. The first-order chi connectivity index (χ1) is 5.57. The Morgan fingerprint density at radius 3 is 2.00 bits per heavy atom. The molecule has 2 N–H and O–H groups in total. The molecule has 0 atom stereocenters. The van der Waals surface area contributed by atoms with Crippen molar-refractivity contribution in [2.24, 2.45) is 11.3 Å². The average Bonchev–Trinajstić information content (AvgIpc) is 1.82. The van der Waals surface area contributed by atoms with E-state index in [1.165, 1.54) is 0 Å². The highest BCUT2D eigenvalue weighted by molar-refractivity contribution is 7.52. The number of hydrogen-bond donors (Lipinski definition) is 2. The van der Waals surface area contributed by atoms with E-state index >= 15 is 0 Å². The van der Waals surface area contributed by atoms with Crippen molar-refractivity contribution in [2.75, 3.05) is 6.16 Å². The molecule has 13 heavy (non-hydrogen) atoms. The van der Waals surface area contributed by atoms with Crippen LogP contribution >= 0.6 is 7.60 Å². The maximum Gasteiger partial charge on any atom is 0.332 e. The SMILES string of the molecule is CC(C)C(C)(C)C(=O)CP(=O)(O)O. The third kappa shape index (κ3) is 4.03. The molecule has 0 bridgehead atoms. The van der Waals surface area contributed by atoms with Crippen LogP contribution in [-0.4, -0.2) is 21.7 Å². The van der Waals surface area contributed by atoms with E-state index in [1.807, 2.05) is 13.8 Å². The maximum atomic E-state index is 11.4. The predicted octanol–water partition coefficient (Wildman–Crippen LogP) is 1.42. The highest BCUT2D eigenvalue weighted by atomic mass is 31.2. The number of carbonyl (C=O) groups excluding carboxylic acids is 1. The van der Waals surface area contributed by atoms with Gasteiger partial charge in [0.1, 0.15) is 6.16 Å². The van der Waals surface area contributed by atoms with Crippen LogP contribution in [0.25, 0.3) is 0 Å². The lowest BCUT2D eigenvalue weighted by atomic mass is 9.78. The van der Waals surface area contributed by atoms with Crippen molar-refractivity contribution in [3.05, 3.63) is 0 Å². The Bertz CT molecular complexity index is 239. The molecular weight excluding hydrogens is 191 g/mol. The fourth-order valence-electron chi connectivity index (χ4n) is 0.713. The van der Waals surface area contributed by atoms with E-state index in [0.717, 1.165) is 0 Å². The van der Waals surface area contributed by atoms with Crippen LogP contribution < -0.4 is 0 Å². The Labute approximate surface area is 78.5 Å². The van der Waals surface area contributed by atoms with E-state index < -0.39 is 19.2 Å². The van der Waals surface area contributed by atoms with Gasteiger partial charge in [-0.25, -0.2) is 0 Å². The molecule has 0 aromatic rings. The van der Waals surface area contributed by atoms with Gasteiger partial charge in [0.05, 0.1) is 0 Å². The van der Waals surface area contributed by atoms with Gasteiger partial charge in [0.15, 0.2) is 5.78 Å². The molecule has 0 rings (SSSR count). The molecule has 5 heteroatoms. The first-order valence-electron chi connectivity index (χ1n) is 4.15. The van der Waals surface area contributed by atoms with Crippen molar-refractivity contribution in [1.82, 2.24) is 0 Å². The summed E-state index contributed by atoms with van der Waals surface area (Å²) in [4.78, 5) is 28.7. The highest BCUT2D eigenvalue weighted by Gasteiger charge is 2.34. The molecule has 0 aliphatic carbocycles. The summed E-state index contributed by atoms with van der Waals surface area (Å²) in [5.41, 5.74) is -0.666. The number of Topliss-reactive ketones (excluding diaryl/α,β-unsaturated/α-hetero) is 1. The number of ketones is 1. The quantitative estimate of drug-likeness (QED) is 0.685. The molecular formula is C8H17O4P. The van der Waals surface area contributed by atoms with Crippen LogP contribution in [0.1, 0.15) is 27.7 Å². The topological polar surface area (TPSA) is 74.6 Å². The lowest BCUT2D eigenvalue weighted by Crippen LogP contribution is -2.32. The van der Waals surface area contributed by atoms with Crippen LogP contribution in [0.3, 0.4) is 0 Å². The maximum absolute atomic E-state index is 11.4. The third-order valence-corrected chi connectivity index (χ3v) is 3.21. The summed E-state index contributed by atoms with van der Waals surface area (Å²) in [5, 5.41) is 0. The van der Waals surface area contributed by atoms with Gasteiger partial charge in [0, 0.05) is 5.41 Å². The van der Waals surface area contributed by atoms with Gasteiger partial charge in [0.25, 0.3) is 0 Å².